The van der Waals surface area contributed by atoms with Crippen molar-refractivity contribution in [2.24, 2.45) is 0 Å². The Kier molecular flexibility index (Phi) is 7.50. The van der Waals surface area contributed by atoms with Crippen LogP contribution in [0.3, 0.4) is 0 Å². The number of methoxy groups -OCH3 is 1. The van der Waals surface area contributed by atoms with Crippen molar-refractivity contribution in [3.8, 4) is 5.75 Å². The van der Waals surface area contributed by atoms with Gasteiger partial charge in [-0.3, -0.25) is 14.5 Å². The van der Waals surface area contributed by atoms with Gasteiger partial charge in [0.25, 0.3) is 0 Å². The number of nitrogens with zero attached hydrogens (tertiary/aromatic N) is 3. The number of benzene rings is 2. The van der Waals surface area contributed by atoms with Crippen molar-refractivity contribution in [3.63, 3.8) is 0 Å². The lowest BCUT2D eigenvalue weighted by Crippen LogP contribution is -2.40. The van der Waals surface area contributed by atoms with Gasteiger partial charge in [-0.25, -0.2) is 9.18 Å². The van der Waals surface area contributed by atoms with Crippen LogP contribution in [0.4, 0.5) is 20.6 Å². The van der Waals surface area contributed by atoms with Gasteiger partial charge in [0.15, 0.2) is 12.0 Å². The van der Waals surface area contributed by atoms with Gasteiger partial charge in [-0.15, -0.1) is 0 Å². The van der Waals surface area contributed by atoms with Crippen LogP contribution in [0, 0.1) is 5.82 Å². The van der Waals surface area contributed by atoms with E-state index in [0.29, 0.717) is 49.0 Å². The number of amides is 2. The summed E-state index contributed by atoms with van der Waals surface area (Å²) in [4.78, 5) is 42.4. The number of hydrogen-bond donors (Lipinski definition) is 0. The van der Waals surface area contributed by atoms with Crippen LogP contribution in [-0.2, 0) is 14.3 Å². The molecule has 10 heteroatoms. The fourth-order valence-electron chi connectivity index (χ4n) is 4.15. The van der Waals surface area contributed by atoms with Crippen molar-refractivity contribution in [1.82, 2.24) is 4.90 Å². The largest absolute Gasteiger partial charge is 0.497 e. The number of para-hydroxylation sites is 1. The molecule has 0 spiro atoms. The summed E-state index contributed by atoms with van der Waals surface area (Å²) in [6, 6.07) is 11.2. The van der Waals surface area contributed by atoms with Crippen molar-refractivity contribution < 1.29 is 33.0 Å². The van der Waals surface area contributed by atoms with E-state index in [9.17, 15) is 18.8 Å². The number of halogens is 1. The van der Waals surface area contributed by atoms with Crippen LogP contribution in [-0.4, -0.2) is 75.9 Å². The lowest BCUT2D eigenvalue weighted by Gasteiger charge is -2.32. The summed E-state index contributed by atoms with van der Waals surface area (Å²) in [6.45, 7) is 1.98. The molecule has 2 aromatic rings. The van der Waals surface area contributed by atoms with Crippen LogP contribution >= 0.6 is 0 Å². The Morgan fingerprint density at radius 2 is 1.83 bits per heavy atom. The molecule has 2 heterocycles. The molecule has 2 aromatic carbocycles. The Morgan fingerprint density at radius 3 is 2.51 bits per heavy atom. The number of carbonyl (C=O) groups excluding carboxylic acids is 3. The van der Waals surface area contributed by atoms with Crippen LogP contribution < -0.4 is 14.5 Å². The number of Topliss-reactive ketones (excluding diaryl/α,β-unsaturated/α-hetero) is 1. The normalized spacial score (nSPS) is 17.8. The summed E-state index contributed by atoms with van der Waals surface area (Å²) in [5.41, 5.74) is 1.18. The predicted molar refractivity (Wildman–Crippen MR) is 126 cm³/mol. The number of ketones is 1. The number of carbonyl (C=O) groups is 3. The van der Waals surface area contributed by atoms with Gasteiger partial charge in [-0.05, 0) is 36.4 Å². The zero-order valence-corrected chi connectivity index (χ0v) is 19.7. The summed E-state index contributed by atoms with van der Waals surface area (Å²) in [7, 11) is 3.07. The summed E-state index contributed by atoms with van der Waals surface area (Å²) in [6.07, 6.45) is -1.53. The third-order valence-electron chi connectivity index (χ3n) is 6.18. The molecule has 2 amide bonds. The number of likely N-dealkylation sites (N-methyl/N-ethyl adjacent to an activating group) is 1. The van der Waals surface area contributed by atoms with Crippen molar-refractivity contribution >= 4 is 29.2 Å². The minimum absolute atomic E-state index is 0.0188. The second kappa shape index (κ2) is 10.7. The SMILES string of the molecule is COc1ccc(C(=O)CCC(=O)N(C)C2CN(c3cccc(F)c3N3CCOCC3)C(=O)O2)cc1. The van der Waals surface area contributed by atoms with E-state index in [4.69, 9.17) is 14.2 Å². The number of rotatable bonds is 8. The highest BCUT2D eigenvalue weighted by molar-refractivity contribution is 5.98. The molecule has 0 bridgehead atoms. The first-order valence-electron chi connectivity index (χ1n) is 11.4. The van der Waals surface area contributed by atoms with E-state index in [-0.39, 0.29) is 31.1 Å². The van der Waals surface area contributed by atoms with Gasteiger partial charge < -0.3 is 24.0 Å². The van der Waals surface area contributed by atoms with E-state index in [1.165, 1.54) is 29.0 Å². The first-order valence-corrected chi connectivity index (χ1v) is 11.4. The van der Waals surface area contributed by atoms with Gasteiger partial charge in [0.2, 0.25) is 5.91 Å². The Morgan fingerprint density at radius 1 is 1.11 bits per heavy atom. The highest BCUT2D eigenvalue weighted by Gasteiger charge is 2.38. The average Bonchev–Trinajstić information content (AvgIpc) is 3.28. The van der Waals surface area contributed by atoms with E-state index < -0.39 is 18.1 Å². The Balaban J connectivity index is 1.40. The van der Waals surface area contributed by atoms with E-state index in [2.05, 4.69) is 0 Å². The van der Waals surface area contributed by atoms with Gasteiger partial charge in [0.1, 0.15) is 11.6 Å². The van der Waals surface area contributed by atoms with Crippen LogP contribution in [0.25, 0.3) is 0 Å². The first-order chi connectivity index (χ1) is 16.9. The molecule has 0 radical (unpaired) electrons. The predicted octanol–water partition coefficient (Wildman–Crippen LogP) is 3.08. The molecule has 0 N–H and O–H groups in total. The zero-order valence-electron chi connectivity index (χ0n) is 19.7. The second-order valence-electron chi connectivity index (χ2n) is 8.31. The standard InChI is InChI=1S/C25H28FN3O6/c1-27(22(31)11-10-21(30)17-6-8-18(33-2)9-7-17)23-16-29(25(32)35-23)20-5-3-4-19(26)24(20)28-12-14-34-15-13-28/h3-9,23H,10-16H2,1-2H3. The molecule has 4 rings (SSSR count). The maximum Gasteiger partial charge on any atom is 0.416 e. The molecular weight excluding hydrogens is 457 g/mol. The van der Waals surface area contributed by atoms with E-state index >= 15 is 0 Å². The van der Waals surface area contributed by atoms with Gasteiger partial charge in [0.05, 0.1) is 38.2 Å². The molecule has 2 aliphatic rings. The summed E-state index contributed by atoms with van der Waals surface area (Å²) in [5, 5.41) is 0. The van der Waals surface area contributed by atoms with Crippen molar-refractivity contribution in [2.45, 2.75) is 19.1 Å². The molecule has 0 aromatic heterocycles. The summed E-state index contributed by atoms with van der Waals surface area (Å²) >= 11 is 0. The van der Waals surface area contributed by atoms with E-state index in [1.807, 2.05) is 4.90 Å². The summed E-state index contributed by atoms with van der Waals surface area (Å²) < 4.78 is 30.7. The second-order valence-corrected chi connectivity index (χ2v) is 8.31. The van der Waals surface area contributed by atoms with Crippen LogP contribution in [0.2, 0.25) is 0 Å². The van der Waals surface area contributed by atoms with Gasteiger partial charge >= 0.3 is 6.09 Å². The highest BCUT2D eigenvalue weighted by Crippen LogP contribution is 2.35. The van der Waals surface area contributed by atoms with Crippen LogP contribution in [0.15, 0.2) is 42.5 Å². The quantitative estimate of drug-likeness (QED) is 0.531. The Labute approximate surface area is 202 Å². The number of morpholine rings is 1. The molecule has 1 atom stereocenters. The average molecular weight is 486 g/mol. The molecule has 0 aliphatic carbocycles. The van der Waals surface area contributed by atoms with Crippen molar-refractivity contribution in [1.29, 1.82) is 0 Å². The topological polar surface area (TPSA) is 88.6 Å². The molecule has 9 nitrogen and oxygen atoms in total. The number of ether oxygens (including phenoxy) is 3. The minimum Gasteiger partial charge on any atom is -0.497 e. The molecule has 2 aliphatic heterocycles. The molecular formula is C25H28FN3O6. The van der Waals surface area contributed by atoms with E-state index in [0.717, 1.165) is 0 Å². The molecule has 35 heavy (non-hydrogen) atoms. The lowest BCUT2D eigenvalue weighted by atomic mass is 10.1. The fourth-order valence-corrected chi connectivity index (χ4v) is 4.15. The molecule has 186 valence electrons. The van der Waals surface area contributed by atoms with Gasteiger partial charge in [-0.1, -0.05) is 6.07 Å². The zero-order chi connectivity index (χ0) is 24.9. The molecule has 2 saturated heterocycles. The fraction of sp³-hybridized carbons (Fsp3) is 0.400. The van der Waals surface area contributed by atoms with Gasteiger partial charge in [-0.2, -0.15) is 0 Å². The minimum atomic E-state index is -0.855. The smallest absolute Gasteiger partial charge is 0.416 e. The monoisotopic (exact) mass is 485 g/mol. The number of hydrogen-bond acceptors (Lipinski definition) is 7. The van der Waals surface area contributed by atoms with Crippen LogP contribution in [0.5, 0.6) is 5.75 Å². The molecule has 2 fully saturated rings. The maximum absolute atomic E-state index is 14.8. The Hall–Kier alpha value is -3.66. The summed E-state index contributed by atoms with van der Waals surface area (Å²) in [5.74, 6) is -0.310. The first kappa shape index (κ1) is 24.5. The van der Waals surface area contributed by atoms with Crippen LogP contribution in [0.1, 0.15) is 23.2 Å². The van der Waals surface area contributed by atoms with Crippen molar-refractivity contribution in [3.05, 3.63) is 53.8 Å². The highest BCUT2D eigenvalue weighted by atomic mass is 19.1. The van der Waals surface area contributed by atoms with Crippen molar-refractivity contribution in [2.75, 3.05) is 56.8 Å². The van der Waals surface area contributed by atoms with Gasteiger partial charge in [0, 0.05) is 38.5 Å². The molecule has 1 unspecified atom stereocenters. The number of cyclic esters (lactones) is 1. The number of anilines is 2. The third-order valence-corrected chi connectivity index (χ3v) is 6.18. The third kappa shape index (κ3) is 5.37. The lowest BCUT2D eigenvalue weighted by molar-refractivity contribution is -0.136. The molecule has 0 saturated carbocycles. The van der Waals surface area contributed by atoms with E-state index in [1.54, 1.807) is 37.4 Å². The Bertz CT molecular complexity index is 1090. The maximum atomic E-state index is 14.8.